The largest absolute Gasteiger partial charge is 0.361 e. The number of thioether (sulfide) groups is 1. The van der Waals surface area contributed by atoms with Gasteiger partial charge in [0.15, 0.2) is 0 Å². The third-order valence-electron chi connectivity index (χ3n) is 7.19. The zero-order valence-corrected chi connectivity index (χ0v) is 20.6. The number of amides is 1. The summed E-state index contributed by atoms with van der Waals surface area (Å²) in [7, 11) is 0. The van der Waals surface area contributed by atoms with Crippen LogP contribution in [-0.2, 0) is 4.79 Å². The fraction of sp³-hybridized carbons (Fsp3) is 0.370. The second kappa shape index (κ2) is 8.82. The van der Waals surface area contributed by atoms with E-state index >= 15 is 0 Å². The van der Waals surface area contributed by atoms with E-state index in [1.807, 2.05) is 25.6 Å². The van der Waals surface area contributed by atoms with E-state index in [1.54, 1.807) is 17.0 Å². The van der Waals surface area contributed by atoms with Crippen molar-refractivity contribution < 1.29 is 13.7 Å². The molecule has 0 bridgehead atoms. The zero-order valence-electron chi connectivity index (χ0n) is 19.8. The molecule has 1 atom stereocenters. The molecule has 2 aromatic heterocycles. The average molecular weight is 491 g/mol. The lowest BCUT2D eigenvalue weighted by Gasteiger charge is -2.30. The van der Waals surface area contributed by atoms with Crippen molar-refractivity contribution in [1.29, 1.82) is 0 Å². The van der Waals surface area contributed by atoms with Crippen molar-refractivity contribution in [1.82, 2.24) is 14.7 Å². The Balaban J connectivity index is 1.51. The predicted octanol–water partition coefficient (Wildman–Crippen LogP) is 6.38. The Hall–Kier alpha value is -3.13. The van der Waals surface area contributed by atoms with Crippen LogP contribution < -0.4 is 4.90 Å². The Kier molecular flexibility index (Phi) is 5.63. The van der Waals surface area contributed by atoms with Crippen LogP contribution >= 0.6 is 11.8 Å². The number of carbonyl (C=O) groups is 1. The third-order valence-corrected chi connectivity index (χ3v) is 8.24. The van der Waals surface area contributed by atoms with Crippen LogP contribution in [0.4, 0.5) is 10.1 Å². The Morgan fingerprint density at radius 1 is 1.09 bits per heavy atom. The standard InChI is InChI=1S/C27H27FN4O2S/c1-16-26(17(2)34-30-16)18-6-7-23-22(14-18)29-27(32(23)20-10-12-35-13-11-20)24-8-9-25(33)31(24)21-5-3-4-19(28)15-21/h3-7,14-15,20,24H,8-13H2,1-2H3. The predicted molar refractivity (Wildman–Crippen MR) is 136 cm³/mol. The summed E-state index contributed by atoms with van der Waals surface area (Å²) in [4.78, 5) is 19.9. The van der Waals surface area contributed by atoms with Crippen LogP contribution in [0, 0.1) is 19.7 Å². The lowest BCUT2D eigenvalue weighted by atomic mass is 10.0. The molecule has 6 nitrogen and oxygen atoms in total. The number of imidazole rings is 1. The van der Waals surface area contributed by atoms with Gasteiger partial charge in [0.25, 0.3) is 0 Å². The monoisotopic (exact) mass is 490 g/mol. The van der Waals surface area contributed by atoms with Crippen molar-refractivity contribution in [3.8, 4) is 11.1 Å². The van der Waals surface area contributed by atoms with E-state index in [2.05, 4.69) is 27.9 Å². The third kappa shape index (κ3) is 3.84. The molecule has 180 valence electrons. The highest BCUT2D eigenvalue weighted by Crippen LogP contribution is 2.42. The van der Waals surface area contributed by atoms with Crippen LogP contribution in [0.25, 0.3) is 22.2 Å². The summed E-state index contributed by atoms with van der Waals surface area (Å²) >= 11 is 1.99. The second-order valence-electron chi connectivity index (χ2n) is 9.38. The molecule has 0 N–H and O–H groups in total. The van der Waals surface area contributed by atoms with Gasteiger partial charge in [0.2, 0.25) is 5.91 Å². The maximum atomic E-state index is 14.1. The van der Waals surface area contributed by atoms with Crippen molar-refractivity contribution in [3.05, 3.63) is 65.6 Å². The number of nitrogens with zero attached hydrogens (tertiary/aromatic N) is 4. The van der Waals surface area contributed by atoms with Crippen LogP contribution in [0.5, 0.6) is 0 Å². The summed E-state index contributed by atoms with van der Waals surface area (Å²) in [5.74, 6) is 3.56. The van der Waals surface area contributed by atoms with Gasteiger partial charge >= 0.3 is 0 Å². The molecule has 4 heterocycles. The Labute approximate surface area is 207 Å². The first-order valence-electron chi connectivity index (χ1n) is 12.1. The summed E-state index contributed by atoms with van der Waals surface area (Å²) in [6, 6.07) is 12.8. The highest BCUT2D eigenvalue weighted by atomic mass is 32.2. The maximum Gasteiger partial charge on any atom is 0.227 e. The topological polar surface area (TPSA) is 64.2 Å². The van der Waals surface area contributed by atoms with Gasteiger partial charge in [0.1, 0.15) is 17.4 Å². The van der Waals surface area contributed by atoms with Gasteiger partial charge in [-0.3, -0.25) is 4.79 Å². The lowest BCUT2D eigenvalue weighted by Crippen LogP contribution is -2.30. The van der Waals surface area contributed by atoms with Crippen LogP contribution in [0.3, 0.4) is 0 Å². The van der Waals surface area contributed by atoms with Gasteiger partial charge in [-0.05, 0) is 80.5 Å². The van der Waals surface area contributed by atoms with Crippen molar-refractivity contribution in [3.63, 3.8) is 0 Å². The van der Waals surface area contributed by atoms with Gasteiger partial charge in [-0.15, -0.1) is 0 Å². The molecule has 4 aromatic rings. The fourth-order valence-corrected chi connectivity index (χ4v) is 6.69. The number of hydrogen-bond acceptors (Lipinski definition) is 5. The number of fused-ring (bicyclic) bond motifs is 1. The van der Waals surface area contributed by atoms with Crippen LogP contribution in [-0.4, -0.2) is 32.1 Å². The first-order valence-corrected chi connectivity index (χ1v) is 13.3. The highest BCUT2D eigenvalue weighted by molar-refractivity contribution is 7.99. The zero-order chi connectivity index (χ0) is 24.1. The molecule has 8 heteroatoms. The van der Waals surface area contributed by atoms with E-state index in [9.17, 15) is 9.18 Å². The van der Waals surface area contributed by atoms with E-state index in [1.165, 1.54) is 12.1 Å². The molecule has 35 heavy (non-hydrogen) atoms. The maximum absolute atomic E-state index is 14.1. The molecule has 2 fully saturated rings. The van der Waals surface area contributed by atoms with Gasteiger partial charge < -0.3 is 14.0 Å². The molecule has 0 aliphatic carbocycles. The number of aromatic nitrogens is 3. The Morgan fingerprint density at radius 2 is 1.91 bits per heavy atom. The first kappa shape index (κ1) is 22.3. The summed E-state index contributed by atoms with van der Waals surface area (Å²) in [6.45, 7) is 3.87. The first-order chi connectivity index (χ1) is 17.0. The lowest BCUT2D eigenvalue weighted by molar-refractivity contribution is -0.117. The van der Waals surface area contributed by atoms with E-state index in [0.29, 0.717) is 24.6 Å². The van der Waals surface area contributed by atoms with Gasteiger partial charge in [0.05, 0.1) is 22.8 Å². The van der Waals surface area contributed by atoms with Crippen LogP contribution in [0.2, 0.25) is 0 Å². The van der Waals surface area contributed by atoms with E-state index in [4.69, 9.17) is 9.51 Å². The molecule has 2 aromatic carbocycles. The summed E-state index contributed by atoms with van der Waals surface area (Å²) in [5, 5.41) is 4.11. The number of rotatable bonds is 4. The summed E-state index contributed by atoms with van der Waals surface area (Å²) in [5.41, 5.74) is 5.43. The number of halogens is 1. The molecular weight excluding hydrogens is 463 g/mol. The molecule has 0 saturated carbocycles. The van der Waals surface area contributed by atoms with Gasteiger partial charge in [-0.25, -0.2) is 9.37 Å². The van der Waals surface area contributed by atoms with Crippen molar-refractivity contribution in [2.45, 2.75) is 51.6 Å². The molecule has 6 rings (SSSR count). The fourth-order valence-electron chi connectivity index (χ4n) is 5.61. The number of carbonyl (C=O) groups excluding carboxylic acids is 1. The summed E-state index contributed by atoms with van der Waals surface area (Å²) in [6.07, 6.45) is 3.22. The van der Waals surface area contributed by atoms with Gasteiger partial charge in [-0.2, -0.15) is 11.8 Å². The minimum atomic E-state index is -0.345. The highest BCUT2D eigenvalue weighted by Gasteiger charge is 2.38. The number of benzene rings is 2. The molecular formula is C27H27FN4O2S. The van der Waals surface area contributed by atoms with E-state index in [0.717, 1.165) is 63.8 Å². The van der Waals surface area contributed by atoms with Crippen molar-refractivity contribution in [2.75, 3.05) is 16.4 Å². The Morgan fingerprint density at radius 3 is 2.66 bits per heavy atom. The molecule has 2 saturated heterocycles. The molecule has 0 spiro atoms. The SMILES string of the molecule is Cc1noc(C)c1-c1ccc2c(c1)nc(C1CCC(=O)N1c1cccc(F)c1)n2C1CCSCC1. The smallest absolute Gasteiger partial charge is 0.227 e. The van der Waals surface area contributed by atoms with E-state index < -0.39 is 0 Å². The number of hydrogen-bond donors (Lipinski definition) is 0. The number of aryl methyl sites for hydroxylation is 2. The normalized spacial score (nSPS) is 19.2. The molecule has 2 aliphatic heterocycles. The molecule has 0 radical (unpaired) electrons. The second-order valence-corrected chi connectivity index (χ2v) is 10.6. The molecule has 1 unspecified atom stereocenters. The number of anilines is 1. The molecule has 1 amide bonds. The minimum Gasteiger partial charge on any atom is -0.361 e. The van der Waals surface area contributed by atoms with Crippen molar-refractivity contribution >= 4 is 34.4 Å². The average Bonchev–Trinajstić information content (AvgIpc) is 3.53. The minimum absolute atomic E-state index is 0.00909. The summed E-state index contributed by atoms with van der Waals surface area (Å²) < 4.78 is 21.8. The van der Waals surface area contributed by atoms with Crippen LogP contribution in [0.1, 0.15) is 55.0 Å². The molecule has 2 aliphatic rings. The van der Waals surface area contributed by atoms with Gasteiger partial charge in [0, 0.05) is 23.7 Å². The Bertz CT molecular complexity index is 1400. The quantitative estimate of drug-likeness (QED) is 0.332. The van der Waals surface area contributed by atoms with E-state index in [-0.39, 0.29) is 17.8 Å². The van der Waals surface area contributed by atoms with Crippen LogP contribution in [0.15, 0.2) is 47.0 Å². The van der Waals surface area contributed by atoms with Crippen molar-refractivity contribution in [2.24, 2.45) is 0 Å². The van der Waals surface area contributed by atoms with Gasteiger partial charge in [-0.1, -0.05) is 17.3 Å².